The molecule has 1 aromatic rings. The number of amides is 1. The smallest absolute Gasteiger partial charge is 0.249 e. The van der Waals surface area contributed by atoms with Crippen LogP contribution >= 0.6 is 11.6 Å². The Morgan fingerprint density at radius 3 is 2.89 bits per heavy atom. The van der Waals surface area contributed by atoms with Crippen LogP contribution in [0.2, 0.25) is 5.02 Å². The lowest BCUT2D eigenvalue weighted by atomic mass is 10.0. The standard InChI is InChI=1S/C14H16ClNO2/c15-11-4-1-3-10(9-11)14(6-7-14)16-13(17)12-5-2-8-18-12/h1,3-4,9,12H,2,5-8H2,(H,16,17). The van der Waals surface area contributed by atoms with E-state index in [-0.39, 0.29) is 17.6 Å². The van der Waals surface area contributed by atoms with Crippen LogP contribution in [0.4, 0.5) is 0 Å². The minimum atomic E-state index is -0.262. The first-order chi connectivity index (χ1) is 8.70. The van der Waals surface area contributed by atoms with Crippen LogP contribution in [0.15, 0.2) is 24.3 Å². The van der Waals surface area contributed by atoms with Crippen molar-refractivity contribution in [2.75, 3.05) is 6.61 Å². The summed E-state index contributed by atoms with van der Waals surface area (Å²) in [5.41, 5.74) is 0.898. The van der Waals surface area contributed by atoms with Gasteiger partial charge in [-0.2, -0.15) is 0 Å². The van der Waals surface area contributed by atoms with Crippen molar-refractivity contribution >= 4 is 17.5 Å². The van der Waals surface area contributed by atoms with Gasteiger partial charge in [-0.05, 0) is 43.4 Å². The second-order valence-electron chi connectivity index (χ2n) is 5.08. The Hall–Kier alpha value is -1.06. The highest BCUT2D eigenvalue weighted by Gasteiger charge is 2.46. The third-order valence-electron chi connectivity index (χ3n) is 3.71. The molecule has 1 N–H and O–H groups in total. The highest BCUT2D eigenvalue weighted by Crippen LogP contribution is 2.46. The quantitative estimate of drug-likeness (QED) is 0.912. The average molecular weight is 266 g/mol. The Morgan fingerprint density at radius 2 is 2.28 bits per heavy atom. The molecule has 1 saturated carbocycles. The number of ether oxygens (including phenoxy) is 1. The number of carbonyl (C=O) groups is 1. The van der Waals surface area contributed by atoms with E-state index in [0.29, 0.717) is 11.6 Å². The molecule has 1 aromatic carbocycles. The largest absolute Gasteiger partial charge is 0.368 e. The fraction of sp³-hybridized carbons (Fsp3) is 0.500. The van der Waals surface area contributed by atoms with E-state index >= 15 is 0 Å². The van der Waals surface area contributed by atoms with E-state index in [1.54, 1.807) is 0 Å². The molecule has 18 heavy (non-hydrogen) atoms. The molecule has 2 aliphatic rings. The molecule has 4 heteroatoms. The molecule has 1 aliphatic heterocycles. The molecule has 1 saturated heterocycles. The molecule has 3 rings (SSSR count). The maximum atomic E-state index is 12.1. The third kappa shape index (κ3) is 2.25. The van der Waals surface area contributed by atoms with E-state index in [0.717, 1.165) is 31.2 Å². The molecule has 0 bridgehead atoms. The van der Waals surface area contributed by atoms with E-state index in [2.05, 4.69) is 5.32 Å². The number of hydrogen-bond donors (Lipinski definition) is 1. The van der Waals surface area contributed by atoms with Gasteiger partial charge in [-0.25, -0.2) is 0 Å². The van der Waals surface area contributed by atoms with Crippen molar-refractivity contribution in [3.63, 3.8) is 0 Å². The summed E-state index contributed by atoms with van der Waals surface area (Å²) in [5.74, 6) is 0.0185. The normalized spacial score (nSPS) is 24.8. The lowest BCUT2D eigenvalue weighted by Gasteiger charge is -2.20. The van der Waals surface area contributed by atoms with Gasteiger partial charge < -0.3 is 10.1 Å². The summed E-state index contributed by atoms with van der Waals surface area (Å²) in [4.78, 5) is 12.1. The highest BCUT2D eigenvalue weighted by molar-refractivity contribution is 6.30. The summed E-state index contributed by atoms with van der Waals surface area (Å²) in [7, 11) is 0. The molecule has 1 unspecified atom stereocenters. The Bertz CT molecular complexity index is 465. The van der Waals surface area contributed by atoms with Crippen LogP contribution in [0, 0.1) is 0 Å². The van der Waals surface area contributed by atoms with Crippen molar-refractivity contribution in [3.05, 3.63) is 34.9 Å². The van der Waals surface area contributed by atoms with Crippen LogP contribution in [0.3, 0.4) is 0 Å². The lowest BCUT2D eigenvalue weighted by molar-refractivity contribution is -0.131. The van der Waals surface area contributed by atoms with Crippen molar-refractivity contribution < 1.29 is 9.53 Å². The monoisotopic (exact) mass is 265 g/mol. The minimum Gasteiger partial charge on any atom is -0.368 e. The number of halogens is 1. The summed E-state index contributed by atoms with van der Waals surface area (Å²) in [6, 6.07) is 7.73. The van der Waals surface area contributed by atoms with E-state index < -0.39 is 0 Å². The fourth-order valence-corrected chi connectivity index (χ4v) is 2.69. The zero-order valence-electron chi connectivity index (χ0n) is 10.1. The molecule has 2 fully saturated rings. The number of hydrogen-bond acceptors (Lipinski definition) is 2. The maximum absolute atomic E-state index is 12.1. The van der Waals surface area contributed by atoms with Gasteiger partial charge in [0.05, 0.1) is 5.54 Å². The first kappa shape index (κ1) is 12.0. The Kier molecular flexibility index (Phi) is 3.04. The highest BCUT2D eigenvalue weighted by atomic mass is 35.5. The van der Waals surface area contributed by atoms with E-state index in [4.69, 9.17) is 16.3 Å². The van der Waals surface area contributed by atoms with Gasteiger partial charge in [-0.15, -0.1) is 0 Å². The summed E-state index contributed by atoms with van der Waals surface area (Å²) in [6.07, 6.45) is 3.50. The van der Waals surface area contributed by atoms with Crippen molar-refractivity contribution in [2.45, 2.75) is 37.3 Å². The second kappa shape index (κ2) is 4.56. The number of carbonyl (C=O) groups excluding carboxylic acids is 1. The Morgan fingerprint density at radius 1 is 1.44 bits per heavy atom. The molecule has 3 nitrogen and oxygen atoms in total. The molecule has 96 valence electrons. The number of benzene rings is 1. The lowest BCUT2D eigenvalue weighted by Crippen LogP contribution is -2.41. The van der Waals surface area contributed by atoms with Crippen LogP contribution in [0.25, 0.3) is 0 Å². The van der Waals surface area contributed by atoms with Gasteiger partial charge in [0.25, 0.3) is 0 Å². The van der Waals surface area contributed by atoms with Crippen molar-refractivity contribution in [3.8, 4) is 0 Å². The predicted molar refractivity (Wildman–Crippen MR) is 69.5 cm³/mol. The van der Waals surface area contributed by atoms with Crippen LogP contribution < -0.4 is 5.32 Å². The predicted octanol–water partition coefficient (Wildman–Crippen LogP) is 2.62. The summed E-state index contributed by atoms with van der Waals surface area (Å²) < 4.78 is 5.41. The second-order valence-corrected chi connectivity index (χ2v) is 5.52. The van der Waals surface area contributed by atoms with Crippen molar-refractivity contribution in [1.82, 2.24) is 5.32 Å². The molecule has 1 aliphatic carbocycles. The minimum absolute atomic E-state index is 0.0185. The van der Waals surface area contributed by atoms with Gasteiger partial charge in [0.1, 0.15) is 6.10 Å². The van der Waals surface area contributed by atoms with Crippen LogP contribution in [-0.2, 0) is 15.1 Å². The molecule has 0 spiro atoms. The van der Waals surface area contributed by atoms with Gasteiger partial charge in [0, 0.05) is 11.6 Å². The van der Waals surface area contributed by atoms with Crippen LogP contribution in [-0.4, -0.2) is 18.6 Å². The first-order valence-corrected chi connectivity index (χ1v) is 6.77. The van der Waals surface area contributed by atoms with Gasteiger partial charge in [-0.1, -0.05) is 23.7 Å². The molecule has 0 radical (unpaired) electrons. The Balaban J connectivity index is 1.73. The van der Waals surface area contributed by atoms with E-state index in [1.807, 2.05) is 24.3 Å². The molecule has 1 atom stereocenters. The number of nitrogens with one attached hydrogen (secondary N) is 1. The maximum Gasteiger partial charge on any atom is 0.249 e. The topological polar surface area (TPSA) is 38.3 Å². The Labute approximate surface area is 111 Å². The van der Waals surface area contributed by atoms with E-state index in [1.165, 1.54) is 0 Å². The molecule has 1 heterocycles. The van der Waals surface area contributed by atoms with Gasteiger partial charge in [-0.3, -0.25) is 4.79 Å². The zero-order valence-corrected chi connectivity index (χ0v) is 10.9. The van der Waals surface area contributed by atoms with Crippen molar-refractivity contribution in [2.24, 2.45) is 0 Å². The zero-order chi connectivity index (χ0) is 12.6. The SMILES string of the molecule is O=C(NC1(c2cccc(Cl)c2)CC1)C1CCCO1. The first-order valence-electron chi connectivity index (χ1n) is 6.39. The number of rotatable bonds is 3. The van der Waals surface area contributed by atoms with Gasteiger partial charge >= 0.3 is 0 Å². The average Bonchev–Trinajstić information content (AvgIpc) is 2.93. The summed E-state index contributed by atoms with van der Waals surface area (Å²) in [6.45, 7) is 0.697. The molecular weight excluding hydrogens is 250 g/mol. The fourth-order valence-electron chi connectivity index (χ4n) is 2.50. The van der Waals surface area contributed by atoms with Gasteiger partial charge in [0.2, 0.25) is 5.91 Å². The molecule has 1 amide bonds. The van der Waals surface area contributed by atoms with Crippen LogP contribution in [0.1, 0.15) is 31.2 Å². The third-order valence-corrected chi connectivity index (χ3v) is 3.95. The van der Waals surface area contributed by atoms with Crippen LogP contribution in [0.5, 0.6) is 0 Å². The summed E-state index contributed by atoms with van der Waals surface area (Å²) >= 11 is 6.00. The van der Waals surface area contributed by atoms with E-state index in [9.17, 15) is 4.79 Å². The van der Waals surface area contributed by atoms with Gasteiger partial charge in [0.15, 0.2) is 0 Å². The summed E-state index contributed by atoms with van der Waals surface area (Å²) in [5, 5.41) is 3.84. The molecule has 0 aromatic heterocycles. The molecular formula is C14H16ClNO2. The van der Waals surface area contributed by atoms with Crippen molar-refractivity contribution in [1.29, 1.82) is 0 Å².